The van der Waals surface area contributed by atoms with Crippen molar-refractivity contribution in [1.82, 2.24) is 0 Å². The molecule has 4 N–H and O–H groups in total. The number of esters is 2. The van der Waals surface area contributed by atoms with Crippen molar-refractivity contribution in [2.45, 2.75) is 128 Å². The molecule has 1 saturated heterocycles. The van der Waals surface area contributed by atoms with Crippen molar-refractivity contribution >= 4 is 23.7 Å². The van der Waals surface area contributed by atoms with Gasteiger partial charge in [0.2, 0.25) is 0 Å². The van der Waals surface area contributed by atoms with Gasteiger partial charge >= 0.3 is 17.9 Å². The number of aliphatic hydroxyl groups is 3. The third kappa shape index (κ3) is 5.26. The van der Waals surface area contributed by atoms with Crippen LogP contribution in [-0.4, -0.2) is 99.3 Å². The fraction of sp³-hybridized carbons (Fsp3) is 0.871. The number of ether oxygens (including phenoxy) is 4. The van der Waals surface area contributed by atoms with E-state index in [4.69, 9.17) is 18.9 Å². The van der Waals surface area contributed by atoms with E-state index in [1.54, 1.807) is 0 Å². The molecular formula is C31H45FO12. The second-order valence-electron chi connectivity index (χ2n) is 14.1. The number of aliphatic carboxylic acids is 1. The Morgan fingerprint density at radius 3 is 2.23 bits per heavy atom. The van der Waals surface area contributed by atoms with Gasteiger partial charge in [0.25, 0.3) is 0 Å². The molecule has 13 heteroatoms. The molecule has 0 amide bonds. The van der Waals surface area contributed by atoms with Crippen molar-refractivity contribution in [1.29, 1.82) is 0 Å². The minimum Gasteiger partial charge on any atom is -0.479 e. The Morgan fingerprint density at radius 2 is 1.59 bits per heavy atom. The van der Waals surface area contributed by atoms with E-state index in [2.05, 4.69) is 0 Å². The third-order valence-electron chi connectivity index (χ3n) is 11.9. The van der Waals surface area contributed by atoms with Crippen molar-refractivity contribution in [3.63, 3.8) is 0 Å². The summed E-state index contributed by atoms with van der Waals surface area (Å²) in [6.07, 6.45) is -6.66. The van der Waals surface area contributed by atoms with Gasteiger partial charge in [-0.3, -0.25) is 14.4 Å². The molecule has 4 saturated carbocycles. The highest BCUT2D eigenvalue weighted by molar-refractivity contribution is 5.85. The summed E-state index contributed by atoms with van der Waals surface area (Å²) in [5, 5.41) is 40.0. The lowest BCUT2D eigenvalue weighted by Gasteiger charge is -2.65. The maximum atomic E-state index is 18.2. The molecule has 5 rings (SSSR count). The van der Waals surface area contributed by atoms with E-state index >= 15 is 4.39 Å². The number of Topliss-reactive ketones (excluding diaryl/α,β-unsaturated/α-hetero) is 1. The predicted molar refractivity (Wildman–Crippen MR) is 147 cm³/mol. The number of carbonyl (C=O) groups excluding carboxylic acids is 3. The molecule has 1 aliphatic heterocycles. The molecular weight excluding hydrogens is 583 g/mol. The molecule has 1 heterocycles. The fourth-order valence-corrected chi connectivity index (χ4v) is 9.79. The molecule has 44 heavy (non-hydrogen) atoms. The van der Waals surface area contributed by atoms with Gasteiger partial charge in [-0.25, -0.2) is 9.18 Å². The second-order valence-corrected chi connectivity index (χ2v) is 14.1. The predicted octanol–water partition coefficient (Wildman–Crippen LogP) is 1.69. The van der Waals surface area contributed by atoms with Crippen LogP contribution in [-0.2, 0) is 38.1 Å². The molecule has 3 unspecified atom stereocenters. The van der Waals surface area contributed by atoms with E-state index in [9.17, 15) is 39.6 Å². The van der Waals surface area contributed by atoms with Crippen LogP contribution >= 0.6 is 0 Å². The summed E-state index contributed by atoms with van der Waals surface area (Å²) in [7, 11) is 0. The zero-order valence-corrected chi connectivity index (χ0v) is 25.6. The number of hydrogen-bond donors (Lipinski definition) is 4. The van der Waals surface area contributed by atoms with Crippen molar-refractivity contribution < 1.29 is 62.9 Å². The highest BCUT2D eigenvalue weighted by Gasteiger charge is 2.73. The summed E-state index contributed by atoms with van der Waals surface area (Å²) in [4.78, 5) is 48.5. The minimum atomic E-state index is -1.89. The summed E-state index contributed by atoms with van der Waals surface area (Å²) >= 11 is 0. The van der Waals surface area contributed by atoms with Gasteiger partial charge < -0.3 is 39.4 Å². The molecule has 4 aliphatic carbocycles. The molecule has 0 bridgehead atoms. The summed E-state index contributed by atoms with van der Waals surface area (Å²) in [6, 6.07) is 0. The largest absolute Gasteiger partial charge is 0.479 e. The fourth-order valence-electron chi connectivity index (χ4n) is 9.79. The molecule has 0 radical (unpaired) electrons. The normalized spacial score (nSPS) is 48.3. The smallest absolute Gasteiger partial charge is 0.335 e. The standard InChI is InChI=1S/C31H45FO12/c1-14(33)41-13-21(35)20-8-7-18-19-6-5-16-11-17(43-28-25(38)23(36)24(37)26(44-28)27(39)40)9-10-30(16,4)31(19,32)22(42-15(2)34)12-29(18,20)3/h16-20,22-26,28,36-38H,5-13H2,1-4H3,(H,39,40)/t16-,17+,18?,19?,20-,22-,23-,24+,25-,26+,28?,29+,30+,31+/m1/s1. The van der Waals surface area contributed by atoms with Gasteiger partial charge in [0, 0.05) is 31.1 Å². The van der Waals surface area contributed by atoms with Crippen LogP contribution in [0.1, 0.15) is 79.1 Å². The van der Waals surface area contributed by atoms with Gasteiger partial charge in [-0.2, -0.15) is 0 Å². The zero-order valence-electron chi connectivity index (χ0n) is 25.6. The molecule has 0 aromatic rings. The van der Waals surface area contributed by atoms with Crippen LogP contribution in [0.2, 0.25) is 0 Å². The molecule has 14 atom stereocenters. The van der Waals surface area contributed by atoms with Gasteiger partial charge in [0.05, 0.1) is 6.10 Å². The number of carboxylic acid groups (broad SMARTS) is 1. The number of carbonyl (C=O) groups is 4. The van der Waals surface area contributed by atoms with Gasteiger partial charge in [-0.15, -0.1) is 0 Å². The number of alkyl halides is 1. The highest BCUT2D eigenvalue weighted by Crippen LogP contribution is 2.71. The maximum Gasteiger partial charge on any atom is 0.335 e. The first kappa shape index (κ1) is 33.2. The van der Waals surface area contributed by atoms with Gasteiger partial charge in [0.1, 0.15) is 31.0 Å². The molecule has 248 valence electrons. The van der Waals surface area contributed by atoms with E-state index in [0.717, 1.165) is 0 Å². The average Bonchev–Trinajstić information content (AvgIpc) is 3.28. The second kappa shape index (κ2) is 11.9. The summed E-state index contributed by atoms with van der Waals surface area (Å²) in [5.74, 6) is -4.12. The monoisotopic (exact) mass is 628 g/mol. The van der Waals surface area contributed by atoms with Crippen LogP contribution in [0.5, 0.6) is 0 Å². The summed E-state index contributed by atoms with van der Waals surface area (Å²) in [5.41, 5.74) is -3.44. The lowest BCUT2D eigenvalue weighted by Crippen LogP contribution is -2.70. The summed E-state index contributed by atoms with van der Waals surface area (Å²) < 4.78 is 40.3. The lowest BCUT2D eigenvalue weighted by molar-refractivity contribution is -0.313. The first-order valence-electron chi connectivity index (χ1n) is 15.6. The van der Waals surface area contributed by atoms with E-state index in [0.29, 0.717) is 44.9 Å². The van der Waals surface area contributed by atoms with Crippen LogP contribution in [0.15, 0.2) is 0 Å². The van der Waals surface area contributed by atoms with Gasteiger partial charge in [0.15, 0.2) is 23.8 Å². The topological polar surface area (TPSA) is 186 Å². The van der Waals surface area contributed by atoms with Crippen molar-refractivity contribution in [2.24, 2.45) is 34.5 Å². The Hall–Kier alpha value is -2.19. The Bertz CT molecular complexity index is 1160. The zero-order chi connectivity index (χ0) is 32.4. The number of hydrogen-bond acceptors (Lipinski definition) is 11. The highest BCUT2D eigenvalue weighted by atomic mass is 19.1. The number of rotatable bonds is 7. The van der Waals surface area contributed by atoms with Crippen LogP contribution in [0.25, 0.3) is 0 Å². The van der Waals surface area contributed by atoms with E-state index in [1.807, 2.05) is 13.8 Å². The number of fused-ring (bicyclic) bond motifs is 5. The number of ketones is 1. The van der Waals surface area contributed by atoms with Crippen LogP contribution in [0, 0.1) is 34.5 Å². The van der Waals surface area contributed by atoms with Gasteiger partial charge in [-0.05, 0) is 68.6 Å². The maximum absolute atomic E-state index is 18.2. The van der Waals surface area contributed by atoms with Crippen LogP contribution < -0.4 is 0 Å². The molecule has 5 fully saturated rings. The van der Waals surface area contributed by atoms with Crippen LogP contribution in [0.4, 0.5) is 4.39 Å². The average molecular weight is 629 g/mol. The number of halogens is 1. The third-order valence-corrected chi connectivity index (χ3v) is 11.9. The minimum absolute atomic E-state index is 0.135. The SMILES string of the molecule is CC(=O)OCC(=O)[C@H]1CCC2C3CC[C@@H]4C[C@@H](OC5O[C@H](C(=O)O)[C@@H](O)[C@@H](O)[C@H]5O)CC[C@]4(C)[C@@]3(F)[C@H](OC(C)=O)C[C@@]21C. The van der Waals surface area contributed by atoms with Crippen molar-refractivity contribution in [3.8, 4) is 0 Å². The Morgan fingerprint density at radius 1 is 0.909 bits per heavy atom. The molecule has 0 spiro atoms. The quantitative estimate of drug-likeness (QED) is 0.237. The molecule has 5 aliphatic rings. The lowest BCUT2D eigenvalue weighted by atomic mass is 9.42. The molecule has 0 aromatic heterocycles. The van der Waals surface area contributed by atoms with Crippen molar-refractivity contribution in [2.75, 3.05) is 6.61 Å². The first-order chi connectivity index (χ1) is 20.5. The van der Waals surface area contributed by atoms with E-state index in [1.165, 1.54) is 13.8 Å². The Labute approximate surface area is 255 Å². The molecule has 0 aromatic carbocycles. The number of aliphatic hydroxyl groups excluding tert-OH is 3. The first-order valence-corrected chi connectivity index (χ1v) is 15.6. The van der Waals surface area contributed by atoms with E-state index in [-0.39, 0.29) is 30.6 Å². The molecule has 12 nitrogen and oxygen atoms in total. The summed E-state index contributed by atoms with van der Waals surface area (Å²) in [6.45, 7) is 6.02. The van der Waals surface area contributed by atoms with Gasteiger partial charge in [-0.1, -0.05) is 13.8 Å². The van der Waals surface area contributed by atoms with Crippen molar-refractivity contribution in [3.05, 3.63) is 0 Å². The van der Waals surface area contributed by atoms with E-state index < -0.39 is 89.2 Å². The Balaban J connectivity index is 1.37. The van der Waals surface area contributed by atoms with Crippen LogP contribution in [0.3, 0.4) is 0 Å². The number of carboxylic acids is 1. The Kier molecular flexibility index (Phi) is 8.95.